The molecule has 0 spiro atoms. The number of pyridine rings is 1. The van der Waals surface area contributed by atoms with E-state index in [1.807, 2.05) is 6.07 Å². The van der Waals surface area contributed by atoms with Gasteiger partial charge in [0.25, 0.3) is 0 Å². The Labute approximate surface area is 146 Å². The molecule has 0 atom stereocenters. The van der Waals surface area contributed by atoms with E-state index < -0.39 is 10.0 Å². The standard InChI is InChI=1S/C16H23N5O3S/c1-20-15(14-9-5-6-10-17-14)19-21(16(20)22)12-11-18-25(23,24)13-7-3-2-4-8-13/h5-6,9-10,13,18H,2-4,7-8,11-12H2,1H3. The van der Waals surface area contributed by atoms with Crippen LogP contribution >= 0.6 is 0 Å². The fraction of sp³-hybridized carbons (Fsp3) is 0.562. The minimum Gasteiger partial charge on any atom is -0.277 e. The van der Waals surface area contributed by atoms with E-state index in [0.717, 1.165) is 19.3 Å². The first-order chi connectivity index (χ1) is 12.0. The van der Waals surface area contributed by atoms with Gasteiger partial charge in [-0.2, -0.15) is 0 Å². The number of hydrogen-bond donors (Lipinski definition) is 1. The second kappa shape index (κ2) is 7.49. The molecule has 0 bridgehead atoms. The zero-order valence-corrected chi connectivity index (χ0v) is 15.1. The Hall–Kier alpha value is -2.00. The second-order valence-electron chi connectivity index (χ2n) is 6.30. The molecule has 25 heavy (non-hydrogen) atoms. The SMILES string of the molecule is Cn1c(-c2ccccn2)nn(CCNS(=O)(=O)C2CCCCC2)c1=O. The Morgan fingerprint density at radius 2 is 2.00 bits per heavy atom. The lowest BCUT2D eigenvalue weighted by atomic mass is 10.0. The van der Waals surface area contributed by atoms with Crippen LogP contribution in [0.25, 0.3) is 11.5 Å². The summed E-state index contributed by atoms with van der Waals surface area (Å²) in [6.45, 7) is 0.336. The molecule has 2 heterocycles. The highest BCUT2D eigenvalue weighted by Crippen LogP contribution is 2.22. The van der Waals surface area contributed by atoms with Gasteiger partial charge in [0.2, 0.25) is 10.0 Å². The maximum Gasteiger partial charge on any atom is 0.346 e. The van der Waals surface area contributed by atoms with Crippen LogP contribution in [0.2, 0.25) is 0 Å². The van der Waals surface area contributed by atoms with Crippen LogP contribution in [0, 0.1) is 0 Å². The van der Waals surface area contributed by atoms with E-state index in [4.69, 9.17) is 0 Å². The van der Waals surface area contributed by atoms with Gasteiger partial charge in [-0.3, -0.25) is 9.55 Å². The lowest BCUT2D eigenvalue weighted by Gasteiger charge is -2.21. The molecule has 0 aromatic carbocycles. The molecule has 0 radical (unpaired) electrons. The van der Waals surface area contributed by atoms with Crippen molar-refractivity contribution in [2.45, 2.75) is 43.9 Å². The van der Waals surface area contributed by atoms with Gasteiger partial charge in [0.15, 0.2) is 5.82 Å². The van der Waals surface area contributed by atoms with E-state index >= 15 is 0 Å². The normalized spacial score (nSPS) is 16.2. The Balaban J connectivity index is 1.67. The van der Waals surface area contributed by atoms with E-state index in [9.17, 15) is 13.2 Å². The largest absolute Gasteiger partial charge is 0.346 e. The van der Waals surface area contributed by atoms with Gasteiger partial charge >= 0.3 is 5.69 Å². The minimum atomic E-state index is -3.33. The van der Waals surface area contributed by atoms with Crippen molar-refractivity contribution >= 4 is 10.0 Å². The second-order valence-corrected chi connectivity index (χ2v) is 8.35. The number of sulfonamides is 1. The molecule has 1 fully saturated rings. The summed E-state index contributed by atoms with van der Waals surface area (Å²) in [6, 6.07) is 5.39. The summed E-state index contributed by atoms with van der Waals surface area (Å²) in [4.78, 5) is 16.5. The van der Waals surface area contributed by atoms with Crippen molar-refractivity contribution in [2.75, 3.05) is 6.54 Å². The fourth-order valence-corrected chi connectivity index (χ4v) is 4.70. The number of nitrogens with zero attached hydrogens (tertiary/aromatic N) is 4. The zero-order valence-electron chi connectivity index (χ0n) is 14.3. The van der Waals surface area contributed by atoms with Gasteiger partial charge in [0.1, 0.15) is 5.69 Å². The van der Waals surface area contributed by atoms with Gasteiger partial charge in [-0.05, 0) is 25.0 Å². The Morgan fingerprint density at radius 1 is 1.24 bits per heavy atom. The first-order valence-electron chi connectivity index (χ1n) is 8.53. The summed E-state index contributed by atoms with van der Waals surface area (Å²) in [7, 11) is -1.71. The van der Waals surface area contributed by atoms with E-state index in [0.29, 0.717) is 24.4 Å². The number of hydrogen-bond acceptors (Lipinski definition) is 5. The quantitative estimate of drug-likeness (QED) is 0.820. The van der Waals surface area contributed by atoms with Gasteiger partial charge < -0.3 is 0 Å². The third-order valence-corrected chi connectivity index (χ3v) is 6.51. The van der Waals surface area contributed by atoms with Gasteiger partial charge in [0.05, 0.1) is 11.8 Å². The lowest BCUT2D eigenvalue weighted by molar-refractivity contribution is 0.474. The smallest absolute Gasteiger partial charge is 0.277 e. The van der Waals surface area contributed by atoms with E-state index in [1.165, 1.54) is 9.25 Å². The molecule has 2 aromatic heterocycles. The highest BCUT2D eigenvalue weighted by atomic mass is 32.2. The summed E-state index contributed by atoms with van der Waals surface area (Å²) >= 11 is 0. The van der Waals surface area contributed by atoms with Crippen molar-refractivity contribution in [1.82, 2.24) is 24.1 Å². The minimum absolute atomic E-state index is 0.150. The van der Waals surface area contributed by atoms with Gasteiger partial charge in [0, 0.05) is 19.8 Å². The monoisotopic (exact) mass is 365 g/mol. The predicted octanol–water partition coefficient (Wildman–Crippen LogP) is 0.896. The fourth-order valence-electron chi connectivity index (χ4n) is 3.14. The van der Waals surface area contributed by atoms with Crippen molar-refractivity contribution in [3.63, 3.8) is 0 Å². The summed E-state index contributed by atoms with van der Waals surface area (Å²) in [5.41, 5.74) is 0.307. The van der Waals surface area contributed by atoms with Crippen molar-refractivity contribution in [3.05, 3.63) is 34.9 Å². The van der Waals surface area contributed by atoms with Crippen LogP contribution in [0.4, 0.5) is 0 Å². The number of nitrogens with one attached hydrogen (secondary N) is 1. The molecular weight excluding hydrogens is 342 g/mol. The molecule has 0 saturated heterocycles. The van der Waals surface area contributed by atoms with Crippen LogP contribution < -0.4 is 10.4 Å². The average Bonchev–Trinajstić information content (AvgIpc) is 2.92. The molecule has 9 heteroatoms. The summed E-state index contributed by atoms with van der Waals surface area (Å²) in [5, 5.41) is 3.97. The van der Waals surface area contributed by atoms with Gasteiger partial charge in [-0.1, -0.05) is 25.3 Å². The van der Waals surface area contributed by atoms with Crippen LogP contribution in [0.15, 0.2) is 29.2 Å². The van der Waals surface area contributed by atoms with Crippen LogP contribution in [-0.2, 0) is 23.6 Å². The molecule has 0 aliphatic heterocycles. The lowest BCUT2D eigenvalue weighted by Crippen LogP contribution is -2.38. The van der Waals surface area contributed by atoms with Crippen molar-refractivity contribution < 1.29 is 8.42 Å². The first kappa shape index (κ1) is 17.8. The van der Waals surface area contributed by atoms with Crippen LogP contribution in [-0.4, -0.2) is 39.5 Å². The van der Waals surface area contributed by atoms with Crippen LogP contribution in [0.5, 0.6) is 0 Å². The highest BCUT2D eigenvalue weighted by Gasteiger charge is 2.26. The maximum absolute atomic E-state index is 12.3. The molecule has 1 aliphatic rings. The van der Waals surface area contributed by atoms with E-state index in [2.05, 4.69) is 14.8 Å². The van der Waals surface area contributed by atoms with Gasteiger partial charge in [-0.25, -0.2) is 22.6 Å². The third-order valence-electron chi connectivity index (χ3n) is 4.55. The summed E-state index contributed by atoms with van der Waals surface area (Å²) in [5.74, 6) is 0.459. The maximum atomic E-state index is 12.3. The van der Waals surface area contributed by atoms with Gasteiger partial charge in [-0.15, -0.1) is 5.10 Å². The molecule has 8 nitrogen and oxygen atoms in total. The Bertz CT molecular complexity index is 867. The van der Waals surface area contributed by atoms with E-state index in [-0.39, 0.29) is 24.0 Å². The predicted molar refractivity (Wildman–Crippen MR) is 94.5 cm³/mol. The molecule has 2 aromatic rings. The van der Waals surface area contributed by atoms with E-state index in [1.54, 1.807) is 25.4 Å². The molecular formula is C16H23N5O3S. The molecule has 0 amide bonds. The highest BCUT2D eigenvalue weighted by molar-refractivity contribution is 7.90. The summed E-state index contributed by atoms with van der Waals surface area (Å²) in [6.07, 6.45) is 6.07. The molecule has 136 valence electrons. The molecule has 0 unspecified atom stereocenters. The molecule has 1 N–H and O–H groups in total. The average molecular weight is 365 g/mol. The third kappa shape index (κ3) is 3.98. The number of rotatable bonds is 6. The zero-order chi connectivity index (χ0) is 17.9. The summed E-state index contributed by atoms with van der Waals surface area (Å²) < 4.78 is 29.9. The molecule has 3 rings (SSSR count). The Morgan fingerprint density at radius 3 is 2.68 bits per heavy atom. The van der Waals surface area contributed by atoms with Crippen molar-refractivity contribution in [1.29, 1.82) is 0 Å². The van der Waals surface area contributed by atoms with Crippen LogP contribution in [0.3, 0.4) is 0 Å². The van der Waals surface area contributed by atoms with Crippen molar-refractivity contribution in [2.24, 2.45) is 7.05 Å². The first-order valence-corrected chi connectivity index (χ1v) is 10.1. The Kier molecular flexibility index (Phi) is 5.33. The molecule has 1 aliphatic carbocycles. The topological polar surface area (TPSA) is 98.9 Å². The number of aromatic nitrogens is 4. The van der Waals surface area contributed by atoms with Crippen molar-refractivity contribution in [3.8, 4) is 11.5 Å². The molecule has 1 saturated carbocycles. The van der Waals surface area contributed by atoms with Crippen LogP contribution in [0.1, 0.15) is 32.1 Å².